The van der Waals surface area contributed by atoms with E-state index >= 15 is 0 Å². The second kappa shape index (κ2) is 4.37. The van der Waals surface area contributed by atoms with Crippen LogP contribution in [-0.4, -0.2) is 4.98 Å². The van der Waals surface area contributed by atoms with Gasteiger partial charge in [0.1, 0.15) is 11.3 Å². The fraction of sp³-hybridized carbons (Fsp3) is 0. The van der Waals surface area contributed by atoms with Gasteiger partial charge in [-0.25, -0.2) is 0 Å². The van der Waals surface area contributed by atoms with Crippen molar-refractivity contribution in [2.75, 3.05) is 0 Å². The number of aromatic nitrogens is 1. The van der Waals surface area contributed by atoms with E-state index in [0.717, 1.165) is 20.4 Å². The maximum atomic E-state index is 5.54. The summed E-state index contributed by atoms with van der Waals surface area (Å²) >= 11 is 2.24. The maximum Gasteiger partial charge on any atom is 0.400 e. The number of nitrogens with zero attached hydrogens (tertiary/aromatic N) is 1. The predicted molar refractivity (Wildman–Crippen MR) is 73.2 cm³/mol. The lowest BCUT2D eigenvalue weighted by Gasteiger charge is -1.99. The van der Waals surface area contributed by atoms with Crippen LogP contribution in [0.3, 0.4) is 0 Å². The van der Waals surface area contributed by atoms with E-state index in [-0.39, 0.29) is 6.08 Å². The number of para-hydroxylation sites is 2. The van der Waals surface area contributed by atoms with Crippen LogP contribution in [0.5, 0.6) is 11.8 Å². The number of hydrogen-bond donors (Lipinski definition) is 0. The molecular weight excluding hydrogens is 329 g/mol. The highest BCUT2D eigenvalue weighted by Crippen LogP contribution is 2.25. The van der Waals surface area contributed by atoms with E-state index in [1.165, 1.54) is 0 Å². The molecule has 0 atom stereocenters. The molecule has 0 spiro atoms. The van der Waals surface area contributed by atoms with Crippen LogP contribution < -0.4 is 4.74 Å². The minimum Gasteiger partial charge on any atom is -0.411 e. The largest absolute Gasteiger partial charge is 0.411 e. The lowest BCUT2D eigenvalue weighted by molar-refractivity contribution is 0.343. The Balaban J connectivity index is 1.92. The van der Waals surface area contributed by atoms with E-state index < -0.39 is 0 Å². The van der Waals surface area contributed by atoms with Crippen LogP contribution in [0.25, 0.3) is 11.1 Å². The molecule has 0 saturated heterocycles. The van der Waals surface area contributed by atoms with Crippen molar-refractivity contribution in [2.24, 2.45) is 0 Å². The molecule has 17 heavy (non-hydrogen) atoms. The van der Waals surface area contributed by atoms with Crippen molar-refractivity contribution in [1.29, 1.82) is 0 Å². The van der Waals surface area contributed by atoms with Crippen LogP contribution in [0.15, 0.2) is 52.9 Å². The average Bonchev–Trinajstić information content (AvgIpc) is 2.74. The quantitative estimate of drug-likeness (QED) is 0.657. The molecule has 0 saturated carbocycles. The number of oxazole rings is 1. The first kappa shape index (κ1) is 10.6. The fourth-order valence-corrected chi connectivity index (χ4v) is 1.86. The SMILES string of the molecule is Ic1ccc(Oc2nc3ccccc3o2)cc1. The molecule has 0 radical (unpaired) electrons. The van der Waals surface area contributed by atoms with Gasteiger partial charge in [0.15, 0.2) is 5.58 Å². The highest BCUT2D eigenvalue weighted by Gasteiger charge is 2.06. The zero-order valence-corrected chi connectivity index (χ0v) is 10.9. The van der Waals surface area contributed by atoms with Gasteiger partial charge in [-0.05, 0) is 59.0 Å². The number of ether oxygens (including phenoxy) is 1. The molecule has 0 N–H and O–H groups in total. The van der Waals surface area contributed by atoms with Crippen LogP contribution in [0.1, 0.15) is 0 Å². The molecule has 3 rings (SSSR count). The monoisotopic (exact) mass is 337 g/mol. The lowest BCUT2D eigenvalue weighted by Crippen LogP contribution is -1.83. The fourth-order valence-electron chi connectivity index (χ4n) is 1.50. The zero-order valence-electron chi connectivity index (χ0n) is 8.76. The highest BCUT2D eigenvalue weighted by atomic mass is 127. The van der Waals surface area contributed by atoms with E-state index in [2.05, 4.69) is 27.6 Å². The van der Waals surface area contributed by atoms with Crippen molar-refractivity contribution in [1.82, 2.24) is 4.98 Å². The molecule has 0 unspecified atom stereocenters. The van der Waals surface area contributed by atoms with Crippen LogP contribution >= 0.6 is 22.6 Å². The van der Waals surface area contributed by atoms with E-state index in [1.54, 1.807) is 0 Å². The number of fused-ring (bicyclic) bond motifs is 1. The molecule has 0 amide bonds. The third kappa shape index (κ3) is 2.26. The predicted octanol–water partition coefficient (Wildman–Crippen LogP) is 4.22. The normalized spacial score (nSPS) is 10.6. The Morgan fingerprint density at radius 2 is 1.76 bits per heavy atom. The molecule has 84 valence electrons. The second-order valence-electron chi connectivity index (χ2n) is 3.50. The maximum absolute atomic E-state index is 5.54. The average molecular weight is 337 g/mol. The summed E-state index contributed by atoms with van der Waals surface area (Å²) in [6, 6.07) is 15.3. The summed E-state index contributed by atoms with van der Waals surface area (Å²) in [6.45, 7) is 0. The molecule has 0 fully saturated rings. The molecule has 3 aromatic rings. The Labute approximate surface area is 112 Å². The number of hydrogen-bond acceptors (Lipinski definition) is 3. The first-order valence-corrected chi connectivity index (χ1v) is 6.18. The van der Waals surface area contributed by atoms with Crippen LogP contribution in [0, 0.1) is 3.57 Å². The summed E-state index contributed by atoms with van der Waals surface area (Å²) in [6.07, 6.45) is 0.271. The van der Waals surface area contributed by atoms with Crippen molar-refractivity contribution in [3.63, 3.8) is 0 Å². The van der Waals surface area contributed by atoms with E-state index in [1.807, 2.05) is 48.5 Å². The van der Waals surface area contributed by atoms with E-state index in [9.17, 15) is 0 Å². The van der Waals surface area contributed by atoms with Gasteiger partial charge in [-0.3, -0.25) is 0 Å². The van der Waals surface area contributed by atoms with Crippen molar-refractivity contribution in [2.45, 2.75) is 0 Å². The third-order valence-electron chi connectivity index (χ3n) is 2.29. The summed E-state index contributed by atoms with van der Waals surface area (Å²) in [4.78, 5) is 4.24. The Bertz CT molecular complexity index is 613. The van der Waals surface area contributed by atoms with Gasteiger partial charge in [-0.2, -0.15) is 4.98 Å². The van der Waals surface area contributed by atoms with Crippen molar-refractivity contribution >= 4 is 33.7 Å². The molecule has 3 nitrogen and oxygen atoms in total. The number of benzene rings is 2. The number of halogens is 1. The van der Waals surface area contributed by atoms with E-state index in [0.29, 0.717) is 0 Å². The summed E-state index contributed by atoms with van der Waals surface area (Å²) in [5.74, 6) is 0.719. The van der Waals surface area contributed by atoms with Gasteiger partial charge in [0.2, 0.25) is 0 Å². The van der Waals surface area contributed by atoms with E-state index in [4.69, 9.17) is 9.15 Å². The molecule has 4 heteroatoms. The molecule has 0 bridgehead atoms. The van der Waals surface area contributed by atoms with Gasteiger partial charge in [-0.15, -0.1) is 0 Å². The van der Waals surface area contributed by atoms with Gasteiger partial charge in [0.25, 0.3) is 0 Å². The van der Waals surface area contributed by atoms with Gasteiger partial charge in [0, 0.05) is 3.57 Å². The Hall–Kier alpha value is -1.56. The van der Waals surface area contributed by atoms with Crippen LogP contribution in [-0.2, 0) is 0 Å². The van der Waals surface area contributed by atoms with Crippen molar-refractivity contribution in [3.05, 3.63) is 52.1 Å². The Kier molecular flexibility index (Phi) is 2.72. The van der Waals surface area contributed by atoms with Crippen molar-refractivity contribution < 1.29 is 9.15 Å². The molecule has 1 heterocycles. The standard InChI is InChI=1S/C13H8INO2/c14-9-5-7-10(8-6-9)16-13-15-11-3-1-2-4-12(11)17-13/h1-8H. The molecule has 0 aliphatic heterocycles. The Morgan fingerprint density at radius 1 is 1.00 bits per heavy atom. The molecule has 0 aliphatic rings. The summed E-state index contributed by atoms with van der Waals surface area (Å²) < 4.78 is 12.2. The summed E-state index contributed by atoms with van der Waals surface area (Å²) in [5, 5.41) is 0. The molecule has 1 aromatic heterocycles. The van der Waals surface area contributed by atoms with Gasteiger partial charge < -0.3 is 9.15 Å². The Morgan fingerprint density at radius 3 is 2.53 bits per heavy atom. The third-order valence-corrected chi connectivity index (χ3v) is 3.01. The first-order valence-electron chi connectivity index (χ1n) is 5.10. The number of rotatable bonds is 2. The minimum atomic E-state index is 0.271. The first-order chi connectivity index (χ1) is 8.31. The van der Waals surface area contributed by atoms with Gasteiger partial charge in [0.05, 0.1) is 0 Å². The minimum absolute atomic E-state index is 0.271. The van der Waals surface area contributed by atoms with Crippen LogP contribution in [0.2, 0.25) is 0 Å². The zero-order chi connectivity index (χ0) is 11.7. The second-order valence-corrected chi connectivity index (χ2v) is 4.75. The smallest absolute Gasteiger partial charge is 0.400 e. The van der Waals surface area contributed by atoms with Crippen LogP contribution in [0.4, 0.5) is 0 Å². The van der Waals surface area contributed by atoms with Crippen molar-refractivity contribution in [3.8, 4) is 11.8 Å². The molecular formula is C13H8INO2. The van der Waals surface area contributed by atoms with Gasteiger partial charge in [-0.1, -0.05) is 12.1 Å². The lowest BCUT2D eigenvalue weighted by atomic mass is 10.3. The molecule has 2 aromatic carbocycles. The molecule has 0 aliphatic carbocycles. The summed E-state index contributed by atoms with van der Waals surface area (Å²) in [5.41, 5.74) is 1.53. The topological polar surface area (TPSA) is 35.3 Å². The highest BCUT2D eigenvalue weighted by molar-refractivity contribution is 14.1. The van der Waals surface area contributed by atoms with Gasteiger partial charge >= 0.3 is 6.08 Å². The summed E-state index contributed by atoms with van der Waals surface area (Å²) in [7, 11) is 0.